The molecule has 0 aromatic heterocycles. The molecule has 0 aliphatic heterocycles. The smallest absolute Gasteiger partial charge is 0.303 e. The first-order valence-corrected chi connectivity index (χ1v) is 7.50. The third-order valence-electron chi connectivity index (χ3n) is 2.07. The highest BCUT2D eigenvalue weighted by Gasteiger charge is 2.31. The first-order valence-electron chi connectivity index (χ1n) is 3.93. The van der Waals surface area contributed by atoms with Crippen LogP contribution >= 0.6 is 7.82 Å². The van der Waals surface area contributed by atoms with Crippen LogP contribution < -0.4 is 0 Å². The molecule has 4 nitrogen and oxygen atoms in total. The largest absolute Gasteiger partial charge is 0.469 e. The minimum atomic E-state index is -4.28. The highest BCUT2D eigenvalue weighted by molar-refractivity contribution is 7.96. The molecule has 0 atom stereocenters. The quantitative estimate of drug-likeness (QED) is 0.548. The normalized spacial score (nSPS) is 13.8. The van der Waals surface area contributed by atoms with Gasteiger partial charge in [0.25, 0.3) is 0 Å². The maximum absolute atomic E-state index is 10.4. The number of hydrogen-bond acceptors (Lipinski definition) is 2. The van der Waals surface area contributed by atoms with Crippen LogP contribution in [0.15, 0.2) is 0 Å². The Morgan fingerprint density at radius 3 is 2.15 bits per heavy atom. The van der Waals surface area contributed by atoms with E-state index in [0.29, 0.717) is 6.42 Å². The lowest BCUT2D eigenvalue weighted by Crippen LogP contribution is -2.31. The molecule has 0 aliphatic carbocycles. The fourth-order valence-corrected chi connectivity index (χ4v) is 1.44. The Balaban J connectivity index is 3.84. The highest BCUT2D eigenvalue weighted by Crippen LogP contribution is 2.36. The van der Waals surface area contributed by atoms with E-state index in [9.17, 15) is 4.57 Å². The van der Waals surface area contributed by atoms with Gasteiger partial charge in [-0.15, -0.1) is 0 Å². The SMILES string of the molecule is C[S+](C)C(C)(C)CCOP(=O)(O)O. The molecular formula is C7H18O4PS+. The molecule has 0 unspecified atom stereocenters. The predicted molar refractivity (Wildman–Crippen MR) is 55.9 cm³/mol. The van der Waals surface area contributed by atoms with E-state index in [2.05, 4.69) is 30.9 Å². The van der Waals surface area contributed by atoms with Crippen LogP contribution in [-0.2, 0) is 20.0 Å². The van der Waals surface area contributed by atoms with E-state index >= 15 is 0 Å². The van der Waals surface area contributed by atoms with E-state index in [1.54, 1.807) is 0 Å². The van der Waals surface area contributed by atoms with E-state index in [1.807, 2.05) is 0 Å². The Kier molecular flexibility index (Phi) is 4.97. The molecule has 0 fully saturated rings. The standard InChI is InChI=1S/C7H17O4PS/c1-7(2,13(3)4)5-6-11-12(8,9)10/h5-6H2,1-4H3,(H-,8,9,10)/p+1. The van der Waals surface area contributed by atoms with Crippen LogP contribution in [0.2, 0.25) is 0 Å². The molecule has 0 saturated carbocycles. The minimum Gasteiger partial charge on any atom is -0.303 e. The lowest BCUT2D eigenvalue weighted by molar-refractivity contribution is 0.190. The van der Waals surface area contributed by atoms with E-state index in [0.717, 1.165) is 0 Å². The van der Waals surface area contributed by atoms with Gasteiger partial charge in [-0.2, -0.15) is 0 Å². The minimum absolute atomic E-state index is 0.0785. The van der Waals surface area contributed by atoms with Gasteiger partial charge in [0.1, 0.15) is 4.75 Å². The predicted octanol–water partition coefficient (Wildman–Crippen LogP) is 1.14. The van der Waals surface area contributed by atoms with Crippen LogP contribution in [0.1, 0.15) is 20.3 Å². The van der Waals surface area contributed by atoms with Crippen LogP contribution in [-0.4, -0.2) is 33.7 Å². The fraction of sp³-hybridized carbons (Fsp3) is 1.00. The number of phosphoric acid groups is 1. The third-order valence-corrected chi connectivity index (χ3v) is 5.00. The van der Waals surface area contributed by atoms with Gasteiger partial charge in [-0.25, -0.2) is 4.57 Å². The molecule has 0 amide bonds. The van der Waals surface area contributed by atoms with E-state index in [1.165, 1.54) is 0 Å². The highest BCUT2D eigenvalue weighted by atomic mass is 32.2. The molecule has 0 radical (unpaired) electrons. The third kappa shape index (κ3) is 6.52. The lowest BCUT2D eigenvalue weighted by atomic mass is 10.1. The summed E-state index contributed by atoms with van der Waals surface area (Å²) in [5, 5.41) is 0. The summed E-state index contributed by atoms with van der Waals surface area (Å²) in [5.41, 5.74) is 0. The van der Waals surface area contributed by atoms with Crippen LogP contribution in [0.4, 0.5) is 0 Å². The van der Waals surface area contributed by atoms with Crippen molar-refractivity contribution in [2.45, 2.75) is 25.0 Å². The zero-order chi connectivity index (χ0) is 10.7. The van der Waals surface area contributed by atoms with Crippen molar-refractivity contribution in [3.8, 4) is 0 Å². The van der Waals surface area contributed by atoms with Gasteiger partial charge in [-0.3, -0.25) is 4.52 Å². The van der Waals surface area contributed by atoms with Crippen molar-refractivity contribution >= 4 is 18.7 Å². The van der Waals surface area contributed by atoms with Gasteiger partial charge in [0, 0.05) is 6.42 Å². The van der Waals surface area contributed by atoms with Crippen molar-refractivity contribution in [3.63, 3.8) is 0 Å². The summed E-state index contributed by atoms with van der Waals surface area (Å²) < 4.78 is 14.8. The van der Waals surface area contributed by atoms with Gasteiger partial charge in [-0.05, 0) is 24.7 Å². The molecule has 0 aromatic carbocycles. The first-order chi connectivity index (χ1) is 5.65. The van der Waals surface area contributed by atoms with Gasteiger partial charge in [0.05, 0.1) is 19.1 Å². The van der Waals surface area contributed by atoms with Crippen molar-refractivity contribution in [2.24, 2.45) is 0 Å². The molecule has 2 N–H and O–H groups in total. The van der Waals surface area contributed by atoms with Gasteiger partial charge >= 0.3 is 7.82 Å². The lowest BCUT2D eigenvalue weighted by Gasteiger charge is -2.20. The Morgan fingerprint density at radius 1 is 1.38 bits per heavy atom. The van der Waals surface area contributed by atoms with Crippen molar-refractivity contribution < 1.29 is 18.9 Å². The number of rotatable bonds is 5. The van der Waals surface area contributed by atoms with E-state index < -0.39 is 7.82 Å². The summed E-state index contributed by atoms with van der Waals surface area (Å²) in [6.45, 7) is 4.25. The molecule has 13 heavy (non-hydrogen) atoms. The maximum Gasteiger partial charge on any atom is 0.469 e. The number of hydrogen-bond donors (Lipinski definition) is 2. The Hall–Kier alpha value is 0.460. The summed E-state index contributed by atoms with van der Waals surface area (Å²) in [5.74, 6) is 0. The molecule has 80 valence electrons. The number of phosphoric ester groups is 1. The van der Waals surface area contributed by atoms with Gasteiger partial charge in [0.15, 0.2) is 0 Å². The summed E-state index contributed by atoms with van der Waals surface area (Å²) in [6, 6.07) is 0. The van der Waals surface area contributed by atoms with E-state index in [4.69, 9.17) is 9.79 Å². The summed E-state index contributed by atoms with van der Waals surface area (Å²) in [4.78, 5) is 16.9. The van der Waals surface area contributed by atoms with Gasteiger partial charge in [-0.1, -0.05) is 0 Å². The zero-order valence-electron chi connectivity index (χ0n) is 8.48. The Labute approximate surface area is 82.3 Å². The molecule has 0 bridgehead atoms. The van der Waals surface area contributed by atoms with Crippen molar-refractivity contribution in [1.82, 2.24) is 0 Å². The Morgan fingerprint density at radius 2 is 1.85 bits per heavy atom. The molecule has 0 aliphatic rings. The van der Waals surface area contributed by atoms with Crippen LogP contribution in [0, 0.1) is 0 Å². The van der Waals surface area contributed by atoms with Gasteiger partial charge in [0.2, 0.25) is 0 Å². The van der Waals surface area contributed by atoms with Gasteiger partial charge < -0.3 is 9.79 Å². The van der Waals surface area contributed by atoms with Crippen molar-refractivity contribution in [1.29, 1.82) is 0 Å². The average molecular weight is 229 g/mol. The molecule has 0 spiro atoms. The van der Waals surface area contributed by atoms with Crippen molar-refractivity contribution in [2.75, 3.05) is 19.1 Å². The second kappa shape index (κ2) is 4.80. The summed E-state index contributed by atoms with van der Waals surface area (Å²) >= 11 is 0. The molecule has 0 heterocycles. The second-order valence-electron chi connectivity index (χ2n) is 3.65. The zero-order valence-corrected chi connectivity index (χ0v) is 10.2. The molecular weight excluding hydrogens is 211 g/mol. The van der Waals surface area contributed by atoms with Crippen molar-refractivity contribution in [3.05, 3.63) is 0 Å². The summed E-state index contributed by atoms with van der Waals surface area (Å²) in [7, 11) is -4.07. The average Bonchev–Trinajstić information content (AvgIpc) is 1.82. The fourth-order valence-electron chi connectivity index (χ4n) is 0.614. The monoisotopic (exact) mass is 229 g/mol. The van der Waals surface area contributed by atoms with E-state index in [-0.39, 0.29) is 22.2 Å². The Bertz CT molecular complexity index is 199. The maximum atomic E-state index is 10.4. The first kappa shape index (κ1) is 13.5. The molecule has 0 rings (SSSR count). The summed E-state index contributed by atoms with van der Waals surface area (Å²) in [6.07, 6.45) is 4.88. The molecule has 0 saturated heterocycles. The van der Waals surface area contributed by atoms with Crippen LogP contribution in [0.5, 0.6) is 0 Å². The second-order valence-corrected chi connectivity index (χ2v) is 7.63. The topological polar surface area (TPSA) is 66.8 Å². The molecule has 6 heteroatoms. The van der Waals surface area contributed by atoms with Crippen LogP contribution in [0.3, 0.4) is 0 Å². The van der Waals surface area contributed by atoms with Crippen LogP contribution in [0.25, 0.3) is 0 Å². The molecule has 0 aromatic rings.